The molecule has 4 N–H and O–H groups in total. The minimum absolute atomic E-state index is 0.674. The largest absolute Gasteiger partial charge is 0.399 e. The Morgan fingerprint density at radius 2 is 1.67 bits per heavy atom. The molecule has 0 radical (unpaired) electrons. The van der Waals surface area contributed by atoms with Crippen LogP contribution in [0.15, 0.2) is 47.6 Å². The Balaban J connectivity index is 1.68. The van der Waals surface area contributed by atoms with E-state index in [9.17, 15) is 0 Å². The summed E-state index contributed by atoms with van der Waals surface area (Å²) in [7, 11) is 0. The Morgan fingerprint density at radius 3 is 2.38 bits per heavy atom. The van der Waals surface area contributed by atoms with Gasteiger partial charge >= 0.3 is 0 Å². The maximum atomic E-state index is 6.16. The number of hydrogen-bond acceptors (Lipinski definition) is 5. The third-order valence-electron chi connectivity index (χ3n) is 4.02. The maximum Gasteiger partial charge on any atom is 0.210 e. The molecule has 0 saturated carbocycles. The summed E-state index contributed by atoms with van der Waals surface area (Å²) in [6.45, 7) is 4.22. The molecule has 0 aliphatic heterocycles. The van der Waals surface area contributed by atoms with Crippen LogP contribution in [0.4, 0.5) is 5.69 Å². The summed E-state index contributed by atoms with van der Waals surface area (Å²) < 4.78 is 1.58. The summed E-state index contributed by atoms with van der Waals surface area (Å²) in [5.41, 5.74) is 11.4. The first kappa shape index (κ1) is 16.4. The number of thioether (sulfide) groups is 1. The van der Waals surface area contributed by atoms with Gasteiger partial charge in [0.2, 0.25) is 5.16 Å². The molecular weight excluding hydrogens is 318 g/mol. The SMILES string of the molecule is Cc1ccc(Cc2nnc(SCc3ccc(N)cc3)n2N)cc1C. The van der Waals surface area contributed by atoms with Gasteiger partial charge in [0, 0.05) is 17.9 Å². The van der Waals surface area contributed by atoms with Crippen molar-refractivity contribution in [3.63, 3.8) is 0 Å². The highest BCUT2D eigenvalue weighted by atomic mass is 32.2. The van der Waals surface area contributed by atoms with Gasteiger partial charge in [-0.1, -0.05) is 42.1 Å². The molecule has 3 rings (SSSR count). The van der Waals surface area contributed by atoms with Crippen LogP contribution in [0.1, 0.15) is 28.1 Å². The fraction of sp³-hybridized carbons (Fsp3) is 0.222. The smallest absolute Gasteiger partial charge is 0.210 e. The third kappa shape index (κ3) is 3.71. The highest BCUT2D eigenvalue weighted by Gasteiger charge is 2.11. The van der Waals surface area contributed by atoms with Gasteiger partial charge in [-0.05, 0) is 48.2 Å². The maximum absolute atomic E-state index is 6.16. The molecule has 2 aromatic carbocycles. The van der Waals surface area contributed by atoms with Crippen molar-refractivity contribution in [2.24, 2.45) is 0 Å². The highest BCUT2D eigenvalue weighted by Crippen LogP contribution is 2.22. The van der Waals surface area contributed by atoms with E-state index in [1.807, 2.05) is 24.3 Å². The van der Waals surface area contributed by atoms with Crippen LogP contribution in [-0.2, 0) is 12.2 Å². The number of aryl methyl sites for hydroxylation is 2. The fourth-order valence-electron chi connectivity index (χ4n) is 2.38. The lowest BCUT2D eigenvalue weighted by Crippen LogP contribution is -2.14. The molecule has 0 spiro atoms. The Labute approximate surface area is 146 Å². The summed E-state index contributed by atoms with van der Waals surface area (Å²) in [6, 6.07) is 14.2. The quantitative estimate of drug-likeness (QED) is 0.424. The van der Waals surface area contributed by atoms with Gasteiger partial charge in [0.1, 0.15) is 0 Å². The summed E-state index contributed by atoms with van der Waals surface area (Å²) >= 11 is 1.57. The molecule has 0 fully saturated rings. The van der Waals surface area contributed by atoms with Crippen molar-refractivity contribution in [3.8, 4) is 0 Å². The second-order valence-corrected chi connectivity index (χ2v) is 6.84. The number of anilines is 1. The van der Waals surface area contributed by atoms with Gasteiger partial charge in [0.05, 0.1) is 0 Å². The van der Waals surface area contributed by atoms with Crippen LogP contribution in [0.2, 0.25) is 0 Å². The highest BCUT2D eigenvalue weighted by molar-refractivity contribution is 7.98. The zero-order chi connectivity index (χ0) is 17.1. The average Bonchev–Trinajstić information content (AvgIpc) is 2.91. The Bertz CT molecular complexity index is 839. The fourth-order valence-corrected chi connectivity index (χ4v) is 3.22. The lowest BCUT2D eigenvalue weighted by molar-refractivity contribution is 0.805. The van der Waals surface area contributed by atoms with Crippen LogP contribution in [0, 0.1) is 13.8 Å². The van der Waals surface area contributed by atoms with E-state index < -0.39 is 0 Å². The van der Waals surface area contributed by atoms with Crippen LogP contribution in [0.5, 0.6) is 0 Å². The summed E-state index contributed by atoms with van der Waals surface area (Å²) in [6.07, 6.45) is 0.674. The molecule has 24 heavy (non-hydrogen) atoms. The standard InChI is InChI=1S/C18H21N5S/c1-12-3-4-15(9-13(12)2)10-17-21-22-18(23(17)20)24-11-14-5-7-16(19)8-6-14/h3-9H,10-11,19-20H2,1-2H3. The second kappa shape index (κ2) is 6.97. The predicted molar refractivity (Wildman–Crippen MR) is 99.3 cm³/mol. The molecule has 0 aliphatic rings. The van der Waals surface area contributed by atoms with Gasteiger partial charge in [0.25, 0.3) is 0 Å². The summed E-state index contributed by atoms with van der Waals surface area (Å²) in [5.74, 6) is 7.70. The first-order valence-electron chi connectivity index (χ1n) is 7.75. The van der Waals surface area contributed by atoms with E-state index in [2.05, 4.69) is 42.2 Å². The van der Waals surface area contributed by atoms with Gasteiger partial charge < -0.3 is 11.6 Å². The molecule has 0 saturated heterocycles. The number of rotatable bonds is 5. The Hall–Kier alpha value is -2.47. The van der Waals surface area contributed by atoms with Crippen molar-refractivity contribution in [2.75, 3.05) is 11.6 Å². The minimum atomic E-state index is 0.674. The van der Waals surface area contributed by atoms with E-state index in [1.165, 1.54) is 22.3 Å². The molecule has 0 amide bonds. The number of aromatic nitrogens is 3. The molecule has 124 valence electrons. The molecule has 0 aliphatic carbocycles. The van der Waals surface area contributed by atoms with Crippen LogP contribution in [-0.4, -0.2) is 14.9 Å². The van der Waals surface area contributed by atoms with E-state index in [0.717, 1.165) is 17.3 Å². The van der Waals surface area contributed by atoms with E-state index in [0.29, 0.717) is 11.6 Å². The molecule has 6 heteroatoms. The predicted octanol–water partition coefficient (Wildman–Crippen LogP) is 3.07. The number of nitrogen functional groups attached to an aromatic ring is 2. The van der Waals surface area contributed by atoms with Crippen molar-refractivity contribution in [1.29, 1.82) is 0 Å². The van der Waals surface area contributed by atoms with Crippen molar-refractivity contribution in [2.45, 2.75) is 31.2 Å². The number of nitrogens with zero attached hydrogens (tertiary/aromatic N) is 3. The zero-order valence-electron chi connectivity index (χ0n) is 13.9. The van der Waals surface area contributed by atoms with Crippen LogP contribution >= 0.6 is 11.8 Å². The van der Waals surface area contributed by atoms with Crippen LogP contribution < -0.4 is 11.6 Å². The average molecular weight is 339 g/mol. The molecule has 0 bridgehead atoms. The lowest BCUT2D eigenvalue weighted by Gasteiger charge is -2.06. The van der Waals surface area contributed by atoms with Crippen molar-refractivity contribution in [3.05, 3.63) is 70.5 Å². The number of nitrogens with two attached hydrogens (primary N) is 2. The van der Waals surface area contributed by atoms with E-state index in [1.54, 1.807) is 16.4 Å². The first-order chi connectivity index (χ1) is 11.5. The number of benzene rings is 2. The Kier molecular flexibility index (Phi) is 4.76. The first-order valence-corrected chi connectivity index (χ1v) is 8.74. The third-order valence-corrected chi connectivity index (χ3v) is 5.03. The van der Waals surface area contributed by atoms with E-state index in [4.69, 9.17) is 11.6 Å². The lowest BCUT2D eigenvalue weighted by atomic mass is 10.0. The topological polar surface area (TPSA) is 82.8 Å². The summed E-state index contributed by atoms with van der Waals surface area (Å²) in [4.78, 5) is 0. The zero-order valence-corrected chi connectivity index (χ0v) is 14.7. The molecular formula is C18H21N5S. The monoisotopic (exact) mass is 339 g/mol. The molecule has 1 heterocycles. The van der Waals surface area contributed by atoms with Gasteiger partial charge in [-0.25, -0.2) is 4.68 Å². The van der Waals surface area contributed by atoms with Crippen molar-refractivity contribution < 1.29 is 0 Å². The van der Waals surface area contributed by atoms with Gasteiger partial charge in [-0.2, -0.15) is 0 Å². The van der Waals surface area contributed by atoms with Crippen molar-refractivity contribution >= 4 is 17.4 Å². The number of hydrogen-bond donors (Lipinski definition) is 2. The minimum Gasteiger partial charge on any atom is -0.399 e. The Morgan fingerprint density at radius 1 is 0.958 bits per heavy atom. The van der Waals surface area contributed by atoms with Gasteiger partial charge in [-0.3, -0.25) is 0 Å². The molecule has 0 atom stereocenters. The normalized spacial score (nSPS) is 10.9. The van der Waals surface area contributed by atoms with Crippen LogP contribution in [0.25, 0.3) is 0 Å². The van der Waals surface area contributed by atoms with Crippen LogP contribution in [0.3, 0.4) is 0 Å². The van der Waals surface area contributed by atoms with Gasteiger partial charge in [-0.15, -0.1) is 10.2 Å². The summed E-state index contributed by atoms with van der Waals surface area (Å²) in [5, 5.41) is 9.16. The molecule has 0 unspecified atom stereocenters. The van der Waals surface area contributed by atoms with E-state index >= 15 is 0 Å². The second-order valence-electron chi connectivity index (χ2n) is 5.89. The molecule has 3 aromatic rings. The van der Waals surface area contributed by atoms with Crippen molar-refractivity contribution in [1.82, 2.24) is 14.9 Å². The molecule has 1 aromatic heterocycles. The van der Waals surface area contributed by atoms with Gasteiger partial charge in [0.15, 0.2) is 5.82 Å². The molecule has 5 nitrogen and oxygen atoms in total. The van der Waals surface area contributed by atoms with E-state index in [-0.39, 0.29) is 0 Å².